The Hall–Kier alpha value is -1.93. The standard InChI is InChI=1S/C14H19N3O4.BrH/c1-21-14(20)11(7-9-5-3-2-4-6-9)17-13(19)10(15)8-12(16)18;/h2-6,10-11H,7-8,15H2,1H3,(H2,16,18)(H,17,19);1H/t10-,11-;/m0./s1. The van der Waals surface area contributed by atoms with Crippen LogP contribution in [-0.2, 0) is 25.5 Å². The van der Waals surface area contributed by atoms with Crippen LogP contribution in [0.4, 0.5) is 0 Å². The molecule has 22 heavy (non-hydrogen) atoms. The zero-order valence-electron chi connectivity index (χ0n) is 12.2. The van der Waals surface area contributed by atoms with Crippen LogP contribution < -0.4 is 16.8 Å². The number of nitrogens with one attached hydrogen (secondary N) is 1. The molecule has 0 aliphatic rings. The smallest absolute Gasteiger partial charge is 0.328 e. The molecule has 0 bridgehead atoms. The lowest BCUT2D eigenvalue weighted by Gasteiger charge is -2.18. The molecule has 0 radical (unpaired) electrons. The summed E-state index contributed by atoms with van der Waals surface area (Å²) in [6, 6.07) is 7.18. The number of methoxy groups -OCH3 is 1. The number of nitrogens with two attached hydrogens (primary N) is 2. The molecule has 1 aromatic carbocycles. The van der Waals surface area contributed by atoms with E-state index in [0.29, 0.717) is 0 Å². The van der Waals surface area contributed by atoms with Gasteiger partial charge in [0, 0.05) is 6.42 Å². The van der Waals surface area contributed by atoms with E-state index in [1.807, 2.05) is 30.3 Å². The molecular weight excluding hydrogens is 354 g/mol. The predicted octanol–water partition coefficient (Wildman–Crippen LogP) is -0.332. The summed E-state index contributed by atoms with van der Waals surface area (Å²) in [6.07, 6.45) is -0.0202. The van der Waals surface area contributed by atoms with Gasteiger partial charge in [-0.1, -0.05) is 30.3 Å². The Balaban J connectivity index is 0.00000441. The number of carbonyl (C=O) groups excluding carboxylic acids is 3. The fourth-order valence-corrected chi connectivity index (χ4v) is 1.77. The monoisotopic (exact) mass is 373 g/mol. The highest BCUT2D eigenvalue weighted by molar-refractivity contribution is 8.93. The van der Waals surface area contributed by atoms with Crippen molar-refractivity contribution in [3.63, 3.8) is 0 Å². The first-order valence-corrected chi connectivity index (χ1v) is 6.40. The van der Waals surface area contributed by atoms with Crippen molar-refractivity contribution in [1.29, 1.82) is 0 Å². The minimum absolute atomic E-state index is 0. The average Bonchev–Trinajstić information content (AvgIpc) is 2.46. The molecule has 0 saturated heterocycles. The molecular formula is C14H20BrN3O4. The number of amides is 2. The summed E-state index contributed by atoms with van der Waals surface area (Å²) < 4.78 is 4.66. The molecule has 122 valence electrons. The molecule has 0 aliphatic heterocycles. The van der Waals surface area contributed by atoms with Crippen LogP contribution in [0.2, 0.25) is 0 Å². The molecule has 0 heterocycles. The second-order valence-corrected chi connectivity index (χ2v) is 4.55. The number of hydrogen-bond acceptors (Lipinski definition) is 5. The zero-order valence-corrected chi connectivity index (χ0v) is 13.9. The lowest BCUT2D eigenvalue weighted by Crippen LogP contribution is -2.50. The Morgan fingerprint density at radius 1 is 1.23 bits per heavy atom. The molecule has 7 nitrogen and oxygen atoms in total. The average molecular weight is 374 g/mol. The maximum atomic E-state index is 11.8. The first-order valence-electron chi connectivity index (χ1n) is 6.40. The SMILES string of the molecule is Br.COC(=O)[C@H](Cc1ccccc1)NC(=O)[C@@H](N)CC(N)=O. The number of ether oxygens (including phenoxy) is 1. The number of primary amides is 1. The number of halogens is 1. The molecule has 0 aliphatic carbocycles. The third-order valence-electron chi connectivity index (χ3n) is 2.84. The van der Waals surface area contributed by atoms with Gasteiger partial charge in [-0.25, -0.2) is 4.79 Å². The van der Waals surface area contributed by atoms with Crippen molar-refractivity contribution in [2.24, 2.45) is 11.5 Å². The van der Waals surface area contributed by atoms with Crippen molar-refractivity contribution in [2.75, 3.05) is 7.11 Å². The minimum Gasteiger partial charge on any atom is -0.467 e. The minimum atomic E-state index is -1.09. The van der Waals surface area contributed by atoms with Crippen molar-refractivity contribution >= 4 is 34.8 Å². The van der Waals surface area contributed by atoms with Crippen molar-refractivity contribution in [3.8, 4) is 0 Å². The van der Waals surface area contributed by atoms with Gasteiger partial charge in [0.15, 0.2) is 0 Å². The van der Waals surface area contributed by atoms with Crippen molar-refractivity contribution in [2.45, 2.75) is 24.9 Å². The fraction of sp³-hybridized carbons (Fsp3) is 0.357. The van der Waals surface area contributed by atoms with E-state index in [4.69, 9.17) is 11.5 Å². The van der Waals surface area contributed by atoms with Crippen LogP contribution in [-0.4, -0.2) is 37.0 Å². The Morgan fingerprint density at radius 2 is 1.82 bits per heavy atom. The van der Waals surface area contributed by atoms with Gasteiger partial charge in [-0.15, -0.1) is 17.0 Å². The molecule has 0 aromatic heterocycles. The summed E-state index contributed by atoms with van der Waals surface area (Å²) in [6.45, 7) is 0. The molecule has 0 unspecified atom stereocenters. The molecule has 2 amide bonds. The van der Waals surface area contributed by atoms with Gasteiger partial charge in [0.1, 0.15) is 6.04 Å². The number of carbonyl (C=O) groups is 3. The van der Waals surface area contributed by atoms with Crippen molar-refractivity contribution < 1.29 is 19.1 Å². The number of rotatable bonds is 7. The Labute approximate surface area is 139 Å². The molecule has 0 fully saturated rings. The van der Waals surface area contributed by atoms with Crippen LogP contribution in [0.1, 0.15) is 12.0 Å². The molecule has 1 rings (SSSR count). The van der Waals surface area contributed by atoms with E-state index in [9.17, 15) is 14.4 Å². The summed E-state index contributed by atoms with van der Waals surface area (Å²) >= 11 is 0. The normalized spacial score (nSPS) is 12.5. The van der Waals surface area contributed by atoms with Gasteiger partial charge in [0.25, 0.3) is 0 Å². The van der Waals surface area contributed by atoms with Crippen LogP contribution in [0.5, 0.6) is 0 Å². The van der Waals surface area contributed by atoms with Crippen LogP contribution in [0.25, 0.3) is 0 Å². The first kappa shape index (κ1) is 20.1. The maximum Gasteiger partial charge on any atom is 0.328 e. The molecule has 5 N–H and O–H groups in total. The van der Waals surface area contributed by atoms with E-state index in [1.54, 1.807) is 0 Å². The summed E-state index contributed by atoms with van der Waals surface area (Å²) in [4.78, 5) is 34.3. The highest BCUT2D eigenvalue weighted by Gasteiger charge is 2.25. The van der Waals surface area contributed by atoms with Gasteiger partial charge in [-0.2, -0.15) is 0 Å². The number of hydrogen-bond donors (Lipinski definition) is 3. The van der Waals surface area contributed by atoms with E-state index >= 15 is 0 Å². The van der Waals surface area contributed by atoms with E-state index in [1.165, 1.54) is 7.11 Å². The highest BCUT2D eigenvalue weighted by atomic mass is 79.9. The number of benzene rings is 1. The lowest BCUT2D eigenvalue weighted by atomic mass is 10.1. The van der Waals surface area contributed by atoms with Gasteiger partial charge in [-0.05, 0) is 5.56 Å². The maximum absolute atomic E-state index is 11.8. The first-order chi connectivity index (χ1) is 9.93. The van der Waals surface area contributed by atoms with Crippen LogP contribution in [0.3, 0.4) is 0 Å². The summed E-state index contributed by atoms with van der Waals surface area (Å²) in [5.41, 5.74) is 11.4. The number of esters is 1. The second kappa shape index (κ2) is 9.91. The van der Waals surface area contributed by atoms with Gasteiger partial charge in [0.2, 0.25) is 11.8 Å². The van der Waals surface area contributed by atoms with E-state index in [0.717, 1.165) is 5.56 Å². The van der Waals surface area contributed by atoms with Gasteiger partial charge in [-0.3, -0.25) is 9.59 Å². The van der Waals surface area contributed by atoms with Gasteiger partial charge in [0.05, 0.1) is 19.6 Å². The largest absolute Gasteiger partial charge is 0.467 e. The third-order valence-corrected chi connectivity index (χ3v) is 2.84. The zero-order chi connectivity index (χ0) is 15.8. The topological polar surface area (TPSA) is 125 Å². The van der Waals surface area contributed by atoms with Gasteiger partial charge < -0.3 is 21.5 Å². The summed E-state index contributed by atoms with van der Waals surface area (Å²) in [5, 5.41) is 2.48. The van der Waals surface area contributed by atoms with Gasteiger partial charge >= 0.3 is 5.97 Å². The fourth-order valence-electron chi connectivity index (χ4n) is 1.77. The van der Waals surface area contributed by atoms with E-state index in [2.05, 4.69) is 10.1 Å². The van der Waals surface area contributed by atoms with Crippen molar-refractivity contribution in [3.05, 3.63) is 35.9 Å². The molecule has 8 heteroatoms. The van der Waals surface area contributed by atoms with Crippen LogP contribution in [0, 0.1) is 0 Å². The van der Waals surface area contributed by atoms with E-state index < -0.39 is 29.9 Å². The molecule has 0 spiro atoms. The summed E-state index contributed by atoms with van der Waals surface area (Å²) in [5.74, 6) is -1.89. The predicted molar refractivity (Wildman–Crippen MR) is 86.2 cm³/mol. The van der Waals surface area contributed by atoms with Crippen LogP contribution >= 0.6 is 17.0 Å². The van der Waals surface area contributed by atoms with Crippen molar-refractivity contribution in [1.82, 2.24) is 5.32 Å². The molecule has 2 atom stereocenters. The lowest BCUT2D eigenvalue weighted by molar-refractivity contribution is -0.145. The Kier molecular flexibility index (Phi) is 9.04. The molecule has 0 saturated carbocycles. The summed E-state index contributed by atoms with van der Waals surface area (Å²) in [7, 11) is 1.23. The molecule has 1 aromatic rings. The Morgan fingerprint density at radius 3 is 2.32 bits per heavy atom. The van der Waals surface area contributed by atoms with E-state index in [-0.39, 0.29) is 29.8 Å². The second-order valence-electron chi connectivity index (χ2n) is 4.55. The third kappa shape index (κ3) is 6.68. The Bertz CT molecular complexity index is 510. The highest BCUT2D eigenvalue weighted by Crippen LogP contribution is 2.05. The van der Waals surface area contributed by atoms with Crippen LogP contribution in [0.15, 0.2) is 30.3 Å². The quantitative estimate of drug-likeness (QED) is 0.564.